The molecule has 0 aromatic rings. The zero-order valence-electron chi connectivity index (χ0n) is 9.10. The lowest BCUT2D eigenvalue weighted by Gasteiger charge is -2.25. The Kier molecular flexibility index (Phi) is 6.57. The number of halogens is 1. The number of rotatable bonds is 6. The molecular weight excluding hydrogens is 198 g/mol. The summed E-state index contributed by atoms with van der Waals surface area (Å²) in [7, 11) is 0. The molecule has 1 aliphatic carbocycles. The third kappa shape index (κ3) is 5.18. The second-order valence-corrected chi connectivity index (χ2v) is 4.57. The van der Waals surface area contributed by atoms with Crippen LogP contribution in [0.2, 0.25) is 0 Å². The molecule has 1 N–H and O–H groups in total. The summed E-state index contributed by atoms with van der Waals surface area (Å²) in [6, 6.07) is 0.701. The average molecular weight is 220 g/mol. The third-order valence-electron chi connectivity index (χ3n) is 2.76. The molecule has 1 aliphatic rings. The van der Waals surface area contributed by atoms with E-state index in [-0.39, 0.29) is 0 Å². The van der Waals surface area contributed by atoms with Crippen molar-refractivity contribution in [1.29, 1.82) is 0 Å². The second-order valence-electron chi connectivity index (χ2n) is 3.95. The number of ether oxygens (including phenoxy) is 1. The van der Waals surface area contributed by atoms with Crippen LogP contribution in [0, 0.1) is 0 Å². The van der Waals surface area contributed by atoms with Gasteiger partial charge in [-0.25, -0.2) is 0 Å². The fourth-order valence-electron chi connectivity index (χ4n) is 1.88. The zero-order chi connectivity index (χ0) is 10.2. The van der Waals surface area contributed by atoms with Crippen LogP contribution in [-0.2, 0) is 4.74 Å². The summed E-state index contributed by atoms with van der Waals surface area (Å²) >= 11 is 6.04. The van der Waals surface area contributed by atoms with E-state index in [1.54, 1.807) is 0 Å². The van der Waals surface area contributed by atoms with Gasteiger partial charge in [0, 0.05) is 24.6 Å². The standard InChI is InChI=1S/C11H22ClNO/c1-2-14-9-3-8-13-11-6-4-10(12)5-7-11/h10-11,13H,2-9H2,1H3. The molecule has 0 spiro atoms. The molecule has 1 saturated carbocycles. The van der Waals surface area contributed by atoms with E-state index in [4.69, 9.17) is 16.3 Å². The smallest absolute Gasteiger partial charge is 0.0477 e. The first-order chi connectivity index (χ1) is 6.83. The average Bonchev–Trinajstić information content (AvgIpc) is 2.21. The Bertz CT molecular complexity index is 135. The number of hydrogen-bond acceptors (Lipinski definition) is 2. The number of hydrogen-bond donors (Lipinski definition) is 1. The first-order valence-electron chi connectivity index (χ1n) is 5.78. The molecule has 2 nitrogen and oxygen atoms in total. The predicted molar refractivity (Wildman–Crippen MR) is 61.0 cm³/mol. The third-order valence-corrected chi connectivity index (χ3v) is 3.20. The van der Waals surface area contributed by atoms with E-state index in [1.807, 2.05) is 6.92 Å². The SMILES string of the molecule is CCOCCCNC1CCC(Cl)CC1. The van der Waals surface area contributed by atoms with Crippen LogP contribution in [0.1, 0.15) is 39.0 Å². The number of nitrogens with one attached hydrogen (secondary N) is 1. The van der Waals surface area contributed by atoms with Gasteiger partial charge in [-0.1, -0.05) is 0 Å². The van der Waals surface area contributed by atoms with Crippen LogP contribution in [0.5, 0.6) is 0 Å². The Morgan fingerprint density at radius 2 is 2.00 bits per heavy atom. The Labute approximate surface area is 92.3 Å². The van der Waals surface area contributed by atoms with Gasteiger partial charge >= 0.3 is 0 Å². The van der Waals surface area contributed by atoms with Crippen molar-refractivity contribution in [2.24, 2.45) is 0 Å². The lowest BCUT2D eigenvalue weighted by molar-refractivity contribution is 0.143. The van der Waals surface area contributed by atoms with Gasteiger partial charge in [0.05, 0.1) is 0 Å². The van der Waals surface area contributed by atoms with Crippen LogP contribution in [0.15, 0.2) is 0 Å². The van der Waals surface area contributed by atoms with Crippen molar-refractivity contribution >= 4 is 11.6 Å². The first kappa shape index (κ1) is 12.3. The fraction of sp³-hybridized carbons (Fsp3) is 1.00. The molecule has 84 valence electrons. The molecule has 0 aromatic carbocycles. The van der Waals surface area contributed by atoms with Crippen molar-refractivity contribution in [3.8, 4) is 0 Å². The normalized spacial score (nSPS) is 27.9. The van der Waals surface area contributed by atoms with E-state index in [0.29, 0.717) is 11.4 Å². The molecular formula is C11H22ClNO. The van der Waals surface area contributed by atoms with E-state index in [1.165, 1.54) is 25.7 Å². The Hall–Kier alpha value is 0.210. The minimum absolute atomic E-state index is 0.427. The summed E-state index contributed by atoms with van der Waals surface area (Å²) < 4.78 is 5.28. The van der Waals surface area contributed by atoms with Crippen molar-refractivity contribution in [3.05, 3.63) is 0 Å². The van der Waals surface area contributed by atoms with Gasteiger partial charge in [0.1, 0.15) is 0 Å². The van der Waals surface area contributed by atoms with Gasteiger partial charge in [0.15, 0.2) is 0 Å². The summed E-state index contributed by atoms with van der Waals surface area (Å²) in [5.74, 6) is 0. The minimum Gasteiger partial charge on any atom is -0.382 e. The van der Waals surface area contributed by atoms with E-state index in [9.17, 15) is 0 Å². The van der Waals surface area contributed by atoms with E-state index >= 15 is 0 Å². The van der Waals surface area contributed by atoms with Crippen LogP contribution >= 0.6 is 11.6 Å². The predicted octanol–water partition coefficient (Wildman–Crippen LogP) is 2.55. The van der Waals surface area contributed by atoms with Crippen molar-refractivity contribution in [2.75, 3.05) is 19.8 Å². The molecule has 0 saturated heterocycles. The maximum absolute atomic E-state index is 6.04. The Balaban J connectivity index is 1.91. The van der Waals surface area contributed by atoms with Gasteiger partial charge in [-0.15, -0.1) is 11.6 Å². The van der Waals surface area contributed by atoms with Gasteiger partial charge in [-0.2, -0.15) is 0 Å². The fourth-order valence-corrected chi connectivity index (χ4v) is 2.13. The molecule has 0 heterocycles. The molecule has 1 rings (SSSR count). The molecule has 0 amide bonds. The molecule has 0 aliphatic heterocycles. The monoisotopic (exact) mass is 219 g/mol. The zero-order valence-corrected chi connectivity index (χ0v) is 9.85. The van der Waals surface area contributed by atoms with Crippen LogP contribution in [-0.4, -0.2) is 31.2 Å². The maximum Gasteiger partial charge on any atom is 0.0477 e. The highest BCUT2D eigenvalue weighted by Crippen LogP contribution is 2.22. The molecule has 0 bridgehead atoms. The van der Waals surface area contributed by atoms with Crippen molar-refractivity contribution in [3.63, 3.8) is 0 Å². The summed E-state index contributed by atoms with van der Waals surface area (Å²) in [6.45, 7) is 4.83. The molecule has 0 radical (unpaired) electrons. The minimum atomic E-state index is 0.427. The van der Waals surface area contributed by atoms with Crippen LogP contribution in [0.3, 0.4) is 0 Å². The number of alkyl halides is 1. The summed E-state index contributed by atoms with van der Waals surface area (Å²) in [6.07, 6.45) is 5.94. The van der Waals surface area contributed by atoms with E-state index in [2.05, 4.69) is 5.32 Å². The highest BCUT2D eigenvalue weighted by molar-refractivity contribution is 6.20. The molecule has 0 atom stereocenters. The van der Waals surface area contributed by atoms with E-state index < -0.39 is 0 Å². The lowest BCUT2D eigenvalue weighted by atomic mass is 9.95. The quantitative estimate of drug-likeness (QED) is 0.548. The molecule has 1 fully saturated rings. The first-order valence-corrected chi connectivity index (χ1v) is 6.21. The van der Waals surface area contributed by atoms with Gasteiger partial charge in [0.25, 0.3) is 0 Å². The molecule has 0 aromatic heterocycles. The highest BCUT2D eigenvalue weighted by Gasteiger charge is 2.18. The van der Waals surface area contributed by atoms with Crippen molar-refractivity contribution in [1.82, 2.24) is 5.32 Å². The van der Waals surface area contributed by atoms with Crippen LogP contribution in [0.25, 0.3) is 0 Å². The molecule has 3 heteroatoms. The Morgan fingerprint density at radius 1 is 1.29 bits per heavy atom. The van der Waals surface area contributed by atoms with Crippen LogP contribution < -0.4 is 5.32 Å². The van der Waals surface area contributed by atoms with Gasteiger partial charge in [-0.3, -0.25) is 0 Å². The lowest BCUT2D eigenvalue weighted by Crippen LogP contribution is -2.34. The topological polar surface area (TPSA) is 21.3 Å². The van der Waals surface area contributed by atoms with Crippen molar-refractivity contribution in [2.45, 2.75) is 50.4 Å². The van der Waals surface area contributed by atoms with Crippen LogP contribution in [0.4, 0.5) is 0 Å². The van der Waals surface area contributed by atoms with Gasteiger partial charge in [-0.05, 0) is 45.6 Å². The second kappa shape index (κ2) is 7.49. The summed E-state index contributed by atoms with van der Waals surface area (Å²) in [5.41, 5.74) is 0. The van der Waals surface area contributed by atoms with Crippen molar-refractivity contribution < 1.29 is 4.74 Å². The largest absolute Gasteiger partial charge is 0.382 e. The summed E-state index contributed by atoms with van der Waals surface area (Å²) in [5, 5.41) is 3.99. The maximum atomic E-state index is 6.04. The summed E-state index contributed by atoms with van der Waals surface area (Å²) in [4.78, 5) is 0. The Morgan fingerprint density at radius 3 is 2.64 bits per heavy atom. The molecule has 14 heavy (non-hydrogen) atoms. The van der Waals surface area contributed by atoms with Gasteiger partial charge < -0.3 is 10.1 Å². The van der Waals surface area contributed by atoms with Gasteiger partial charge in [0.2, 0.25) is 0 Å². The highest BCUT2D eigenvalue weighted by atomic mass is 35.5. The van der Waals surface area contributed by atoms with E-state index in [0.717, 1.165) is 26.2 Å². The molecule has 0 unspecified atom stereocenters.